The van der Waals surface area contributed by atoms with Gasteiger partial charge < -0.3 is 21.3 Å². The highest BCUT2D eigenvalue weighted by molar-refractivity contribution is 5.73. The van der Waals surface area contributed by atoms with Crippen LogP contribution in [0.3, 0.4) is 0 Å². The van der Waals surface area contributed by atoms with Crippen LogP contribution >= 0.6 is 0 Å². The molecule has 0 radical (unpaired) electrons. The van der Waals surface area contributed by atoms with Crippen LogP contribution in [-0.2, 0) is 11.2 Å². The van der Waals surface area contributed by atoms with E-state index in [2.05, 4.69) is 9.97 Å². The highest BCUT2D eigenvalue weighted by Crippen LogP contribution is 2.38. The van der Waals surface area contributed by atoms with Gasteiger partial charge in [-0.1, -0.05) is 60.7 Å². The zero-order valence-electron chi connectivity index (χ0n) is 19.7. The summed E-state index contributed by atoms with van der Waals surface area (Å²) in [7, 11) is 0. The van der Waals surface area contributed by atoms with E-state index in [0.717, 1.165) is 0 Å². The Morgan fingerprint density at radius 3 is 2.18 bits per heavy atom. The lowest BCUT2D eigenvalue weighted by Gasteiger charge is -2.22. The number of hydrogen-bond donors (Lipinski definition) is 3. The number of halogens is 4. The first-order chi connectivity index (χ1) is 18.0. The summed E-state index contributed by atoms with van der Waals surface area (Å²) < 4.78 is 60.8. The standard InChI is InChI=1S/C27H22F4N4O3/c28-20-3-1-2-19(13-20)16-8-10-18(11-9-16)24(27(29,30)31)38-23-14-22(34-26(33)35-23)17-6-4-15(5-7-17)12-21(32)25(36)37/h1-11,13-14,21,24H,12,32H2,(H,36,37)(H2,33,34,35)/t21?,24-/m1/s1. The van der Waals surface area contributed by atoms with E-state index < -0.39 is 30.1 Å². The molecule has 0 bridgehead atoms. The Bertz CT molecular complexity index is 1430. The van der Waals surface area contributed by atoms with Crippen molar-refractivity contribution in [3.05, 3.63) is 95.8 Å². The van der Waals surface area contributed by atoms with Gasteiger partial charge in [-0.3, -0.25) is 4.79 Å². The molecule has 1 aromatic heterocycles. The largest absolute Gasteiger partial charge is 0.480 e. The number of ether oxygens (including phenoxy) is 1. The number of hydrogen-bond acceptors (Lipinski definition) is 6. The number of carboxylic acid groups (broad SMARTS) is 1. The van der Waals surface area contributed by atoms with Gasteiger partial charge in [0.2, 0.25) is 17.9 Å². The van der Waals surface area contributed by atoms with E-state index >= 15 is 0 Å². The van der Waals surface area contributed by atoms with Gasteiger partial charge in [0.05, 0.1) is 5.69 Å². The van der Waals surface area contributed by atoms with Crippen molar-refractivity contribution in [2.24, 2.45) is 5.73 Å². The number of rotatable bonds is 8. The minimum absolute atomic E-state index is 0.0984. The monoisotopic (exact) mass is 526 g/mol. The second-order valence-corrected chi connectivity index (χ2v) is 8.47. The fourth-order valence-electron chi connectivity index (χ4n) is 3.77. The van der Waals surface area contributed by atoms with Crippen LogP contribution in [0.15, 0.2) is 78.9 Å². The number of aliphatic carboxylic acids is 1. The molecule has 0 aliphatic carbocycles. The number of alkyl halides is 3. The molecular weight excluding hydrogens is 504 g/mol. The van der Waals surface area contributed by atoms with Crippen molar-refractivity contribution in [2.75, 3.05) is 5.73 Å². The minimum Gasteiger partial charge on any atom is -0.480 e. The van der Waals surface area contributed by atoms with Gasteiger partial charge in [-0.15, -0.1) is 0 Å². The Labute approximate surface area is 214 Å². The van der Waals surface area contributed by atoms with Gasteiger partial charge in [0.15, 0.2) is 0 Å². The molecule has 196 valence electrons. The Balaban J connectivity index is 1.58. The van der Waals surface area contributed by atoms with Gasteiger partial charge >= 0.3 is 12.1 Å². The maximum atomic E-state index is 14.0. The van der Waals surface area contributed by atoms with Gasteiger partial charge in [0.1, 0.15) is 11.9 Å². The predicted molar refractivity (Wildman–Crippen MR) is 132 cm³/mol. The summed E-state index contributed by atoms with van der Waals surface area (Å²) in [6.07, 6.45) is -7.04. The Morgan fingerprint density at radius 1 is 0.921 bits per heavy atom. The second kappa shape index (κ2) is 10.9. The molecule has 1 heterocycles. The lowest BCUT2D eigenvalue weighted by Crippen LogP contribution is -2.32. The fourth-order valence-corrected chi connectivity index (χ4v) is 3.77. The molecule has 11 heteroatoms. The molecule has 3 aromatic carbocycles. The van der Waals surface area contributed by atoms with Crippen molar-refractivity contribution >= 4 is 11.9 Å². The zero-order valence-corrected chi connectivity index (χ0v) is 19.7. The summed E-state index contributed by atoms with van der Waals surface area (Å²) in [5.74, 6) is -2.28. The van der Waals surface area contributed by atoms with Crippen LogP contribution in [0.4, 0.5) is 23.5 Å². The first-order valence-electron chi connectivity index (χ1n) is 11.3. The molecule has 5 N–H and O–H groups in total. The number of anilines is 1. The predicted octanol–water partition coefficient (Wildman–Crippen LogP) is 5.17. The highest BCUT2D eigenvalue weighted by Gasteiger charge is 2.43. The third-order valence-electron chi connectivity index (χ3n) is 5.65. The van der Waals surface area contributed by atoms with Gasteiger partial charge in [0, 0.05) is 17.2 Å². The molecule has 2 atom stereocenters. The molecule has 0 spiro atoms. The molecule has 0 saturated heterocycles. The summed E-state index contributed by atoms with van der Waals surface area (Å²) >= 11 is 0. The lowest BCUT2D eigenvalue weighted by atomic mass is 10.0. The van der Waals surface area contributed by atoms with E-state index in [1.54, 1.807) is 30.3 Å². The van der Waals surface area contributed by atoms with Crippen LogP contribution in [0.1, 0.15) is 17.2 Å². The molecule has 1 unspecified atom stereocenters. The SMILES string of the molecule is Nc1nc(O[C@H](c2ccc(-c3cccc(F)c3)cc2)C(F)(F)F)cc(-c2ccc(CC(N)C(=O)O)cc2)n1. The molecule has 38 heavy (non-hydrogen) atoms. The van der Waals surface area contributed by atoms with Crippen LogP contribution in [0.25, 0.3) is 22.4 Å². The zero-order chi connectivity index (χ0) is 27.4. The van der Waals surface area contributed by atoms with Crippen LogP contribution in [0, 0.1) is 5.82 Å². The quantitative estimate of drug-likeness (QED) is 0.271. The fraction of sp³-hybridized carbons (Fsp3) is 0.148. The molecule has 4 rings (SSSR count). The molecular formula is C27H22F4N4O3. The van der Waals surface area contributed by atoms with Crippen LogP contribution < -0.4 is 16.2 Å². The van der Waals surface area contributed by atoms with Crippen LogP contribution in [0.2, 0.25) is 0 Å². The van der Waals surface area contributed by atoms with E-state index in [1.165, 1.54) is 48.5 Å². The smallest absolute Gasteiger partial charge is 0.429 e. The number of nitrogens with two attached hydrogens (primary N) is 2. The third kappa shape index (κ3) is 6.43. The van der Waals surface area contributed by atoms with E-state index in [4.69, 9.17) is 21.3 Å². The van der Waals surface area contributed by atoms with Crippen molar-refractivity contribution in [1.82, 2.24) is 9.97 Å². The molecule has 0 aliphatic rings. The molecule has 0 saturated carbocycles. The van der Waals surface area contributed by atoms with Crippen molar-refractivity contribution in [3.8, 4) is 28.3 Å². The van der Waals surface area contributed by atoms with Gasteiger partial charge in [-0.05, 0) is 35.2 Å². The number of benzene rings is 3. The van der Waals surface area contributed by atoms with Gasteiger partial charge in [0.25, 0.3) is 0 Å². The summed E-state index contributed by atoms with van der Waals surface area (Å²) in [4.78, 5) is 18.8. The summed E-state index contributed by atoms with van der Waals surface area (Å²) in [6, 6.07) is 17.8. The molecule has 4 aromatic rings. The highest BCUT2D eigenvalue weighted by atomic mass is 19.4. The number of nitrogens with zero attached hydrogens (tertiary/aromatic N) is 2. The van der Waals surface area contributed by atoms with Crippen molar-refractivity contribution < 1.29 is 32.2 Å². The topological polar surface area (TPSA) is 124 Å². The van der Waals surface area contributed by atoms with Crippen LogP contribution in [-0.4, -0.2) is 33.3 Å². The minimum atomic E-state index is -4.79. The molecule has 0 fully saturated rings. The Hall–Kier alpha value is -4.51. The average molecular weight is 526 g/mol. The first kappa shape index (κ1) is 26.6. The first-order valence-corrected chi connectivity index (χ1v) is 11.3. The van der Waals surface area contributed by atoms with Gasteiger partial charge in [-0.25, -0.2) is 9.37 Å². The number of aromatic nitrogens is 2. The van der Waals surface area contributed by atoms with Crippen LogP contribution in [0.5, 0.6) is 5.88 Å². The lowest BCUT2D eigenvalue weighted by molar-refractivity contribution is -0.198. The Kier molecular flexibility index (Phi) is 7.58. The molecule has 7 nitrogen and oxygen atoms in total. The summed E-state index contributed by atoms with van der Waals surface area (Å²) in [6.45, 7) is 0. The normalized spacial score (nSPS) is 13.1. The summed E-state index contributed by atoms with van der Waals surface area (Å²) in [5, 5.41) is 8.96. The Morgan fingerprint density at radius 2 is 1.58 bits per heavy atom. The summed E-state index contributed by atoms with van der Waals surface area (Å²) in [5.41, 5.74) is 13.5. The maximum absolute atomic E-state index is 14.0. The third-order valence-corrected chi connectivity index (χ3v) is 5.65. The second-order valence-electron chi connectivity index (χ2n) is 8.47. The number of carbonyl (C=O) groups is 1. The van der Waals surface area contributed by atoms with Crippen molar-refractivity contribution in [2.45, 2.75) is 24.7 Å². The van der Waals surface area contributed by atoms with Crippen molar-refractivity contribution in [3.63, 3.8) is 0 Å². The maximum Gasteiger partial charge on any atom is 0.429 e. The average Bonchev–Trinajstić information content (AvgIpc) is 2.87. The van der Waals surface area contributed by atoms with E-state index in [1.807, 2.05) is 0 Å². The van der Waals surface area contributed by atoms with Crippen molar-refractivity contribution in [1.29, 1.82) is 0 Å². The number of carboxylic acids is 1. The molecule has 0 amide bonds. The number of nitrogen functional groups attached to an aromatic ring is 1. The molecule has 0 aliphatic heterocycles. The van der Waals surface area contributed by atoms with E-state index in [9.17, 15) is 22.4 Å². The van der Waals surface area contributed by atoms with E-state index in [-0.39, 0.29) is 29.5 Å². The van der Waals surface area contributed by atoms with Gasteiger partial charge in [-0.2, -0.15) is 18.2 Å². The van der Waals surface area contributed by atoms with E-state index in [0.29, 0.717) is 22.3 Å².